The van der Waals surface area contributed by atoms with E-state index in [1.165, 1.54) is 19.3 Å². The minimum atomic E-state index is -0.00324. The maximum absolute atomic E-state index is 11.0. The highest BCUT2D eigenvalue weighted by Crippen LogP contribution is 2.24. The van der Waals surface area contributed by atoms with Crippen LogP contribution in [-0.2, 0) is 9.53 Å². The molecule has 2 nitrogen and oxygen atoms in total. The molecule has 1 rings (SSSR count). The van der Waals surface area contributed by atoms with E-state index in [1.807, 2.05) is 6.92 Å². The minimum absolute atomic E-state index is 0.00324. The van der Waals surface area contributed by atoms with Crippen LogP contribution in [0.4, 0.5) is 0 Å². The lowest BCUT2D eigenvalue weighted by molar-refractivity contribution is -0.144. The number of carbonyl (C=O) groups excluding carboxylic acids is 1. The fourth-order valence-electron chi connectivity index (χ4n) is 1.62. The van der Waals surface area contributed by atoms with Crippen LogP contribution in [0.25, 0.3) is 0 Å². The molecule has 0 N–H and O–H groups in total. The van der Waals surface area contributed by atoms with Crippen LogP contribution in [-0.4, -0.2) is 12.1 Å². The van der Waals surface area contributed by atoms with Crippen molar-refractivity contribution in [2.24, 2.45) is 5.92 Å². The Hall–Kier alpha value is -0.530. The number of unbranched alkanes of at least 4 members (excludes halogenated alkanes) is 2. The maximum atomic E-state index is 11.0. The molecule has 0 spiro atoms. The van der Waals surface area contributed by atoms with Gasteiger partial charge in [0, 0.05) is 0 Å². The molecule has 1 heterocycles. The summed E-state index contributed by atoms with van der Waals surface area (Å²) in [5, 5.41) is 0. The average Bonchev–Trinajstić information content (AvgIpc) is 2.32. The van der Waals surface area contributed by atoms with Crippen molar-refractivity contribution >= 4 is 5.97 Å². The Kier molecular flexibility index (Phi) is 3.57. The van der Waals surface area contributed by atoms with Crippen LogP contribution in [0.15, 0.2) is 0 Å². The van der Waals surface area contributed by atoms with Gasteiger partial charge in [0.15, 0.2) is 0 Å². The van der Waals surface area contributed by atoms with Crippen LogP contribution in [0, 0.1) is 5.92 Å². The van der Waals surface area contributed by atoms with Gasteiger partial charge in [-0.3, -0.25) is 4.79 Å². The molecule has 0 aromatic heterocycles. The van der Waals surface area contributed by atoms with Gasteiger partial charge in [-0.1, -0.05) is 26.7 Å². The molecule has 0 aromatic carbocycles. The van der Waals surface area contributed by atoms with Gasteiger partial charge >= 0.3 is 5.97 Å². The summed E-state index contributed by atoms with van der Waals surface area (Å²) in [6.07, 6.45) is 5.89. The van der Waals surface area contributed by atoms with E-state index >= 15 is 0 Å². The molecule has 0 aromatic rings. The number of carbonyl (C=O) groups is 1. The van der Waals surface area contributed by atoms with Crippen molar-refractivity contribution in [2.45, 2.75) is 52.1 Å². The van der Waals surface area contributed by atoms with E-state index in [9.17, 15) is 4.79 Å². The van der Waals surface area contributed by atoms with Crippen molar-refractivity contribution in [3.8, 4) is 0 Å². The largest absolute Gasteiger partial charge is 0.462 e. The van der Waals surface area contributed by atoms with E-state index in [0.717, 1.165) is 12.8 Å². The molecule has 70 valence electrons. The van der Waals surface area contributed by atoms with Gasteiger partial charge < -0.3 is 4.74 Å². The van der Waals surface area contributed by atoms with Crippen LogP contribution in [0.2, 0.25) is 0 Å². The van der Waals surface area contributed by atoms with E-state index in [0.29, 0.717) is 0 Å². The highest BCUT2D eigenvalue weighted by Gasteiger charge is 2.29. The fourth-order valence-corrected chi connectivity index (χ4v) is 1.62. The number of hydrogen-bond donors (Lipinski definition) is 0. The predicted octanol–water partition coefficient (Wildman–Crippen LogP) is 2.52. The lowest BCUT2D eigenvalue weighted by Crippen LogP contribution is -2.06. The molecule has 1 aliphatic rings. The molecule has 0 saturated carbocycles. The first-order valence-electron chi connectivity index (χ1n) is 4.94. The fraction of sp³-hybridized carbons (Fsp3) is 0.900. The summed E-state index contributed by atoms with van der Waals surface area (Å²) in [4.78, 5) is 11.0. The topological polar surface area (TPSA) is 26.3 Å². The third kappa shape index (κ3) is 2.50. The zero-order valence-corrected chi connectivity index (χ0v) is 8.01. The summed E-state index contributed by atoms with van der Waals surface area (Å²) in [6.45, 7) is 4.13. The lowest BCUT2D eigenvalue weighted by Gasteiger charge is -2.07. The van der Waals surface area contributed by atoms with E-state index < -0.39 is 0 Å². The van der Waals surface area contributed by atoms with Gasteiger partial charge in [-0.25, -0.2) is 0 Å². The molecule has 0 aliphatic carbocycles. The Morgan fingerprint density at radius 2 is 2.25 bits per heavy atom. The molecule has 2 atom stereocenters. The Bertz CT molecular complexity index is 154. The van der Waals surface area contributed by atoms with Crippen molar-refractivity contribution < 1.29 is 9.53 Å². The zero-order valence-electron chi connectivity index (χ0n) is 8.01. The molecular weight excluding hydrogens is 152 g/mol. The van der Waals surface area contributed by atoms with E-state index in [1.54, 1.807) is 0 Å². The summed E-state index contributed by atoms with van der Waals surface area (Å²) in [5.41, 5.74) is 0. The van der Waals surface area contributed by atoms with Gasteiger partial charge in [0.25, 0.3) is 0 Å². The van der Waals surface area contributed by atoms with Gasteiger partial charge in [0.2, 0.25) is 0 Å². The Balaban J connectivity index is 2.14. The van der Waals surface area contributed by atoms with Crippen LogP contribution in [0.3, 0.4) is 0 Å². The zero-order chi connectivity index (χ0) is 8.97. The average molecular weight is 170 g/mol. The minimum Gasteiger partial charge on any atom is -0.462 e. The van der Waals surface area contributed by atoms with E-state index in [4.69, 9.17) is 4.74 Å². The summed E-state index contributed by atoms with van der Waals surface area (Å²) in [6, 6.07) is 0. The molecular formula is C10H18O2. The van der Waals surface area contributed by atoms with Crippen LogP contribution in [0.1, 0.15) is 46.0 Å². The van der Waals surface area contributed by atoms with Crippen LogP contribution < -0.4 is 0 Å². The van der Waals surface area contributed by atoms with Crippen LogP contribution in [0.5, 0.6) is 0 Å². The van der Waals surface area contributed by atoms with Gasteiger partial charge in [-0.05, 0) is 19.3 Å². The third-order valence-electron chi connectivity index (χ3n) is 2.43. The van der Waals surface area contributed by atoms with Crippen molar-refractivity contribution in [1.82, 2.24) is 0 Å². The summed E-state index contributed by atoms with van der Waals surface area (Å²) >= 11 is 0. The second-order valence-corrected chi connectivity index (χ2v) is 3.69. The highest BCUT2D eigenvalue weighted by atomic mass is 16.5. The standard InChI is InChI=1S/C10H18O2/c1-3-4-5-6-9-7-8(2)10(11)12-9/h8-9H,3-7H2,1-2H3/t8?,9-/m0/s1. The summed E-state index contributed by atoms with van der Waals surface area (Å²) in [7, 11) is 0. The van der Waals surface area contributed by atoms with E-state index in [2.05, 4.69) is 6.92 Å². The number of hydrogen-bond acceptors (Lipinski definition) is 2. The van der Waals surface area contributed by atoms with E-state index in [-0.39, 0.29) is 18.0 Å². The molecule has 0 amide bonds. The molecule has 1 unspecified atom stereocenters. The van der Waals surface area contributed by atoms with Crippen molar-refractivity contribution in [1.29, 1.82) is 0 Å². The number of esters is 1. The first-order valence-corrected chi connectivity index (χ1v) is 4.94. The first kappa shape index (κ1) is 9.56. The highest BCUT2D eigenvalue weighted by molar-refractivity contribution is 5.74. The van der Waals surface area contributed by atoms with Gasteiger partial charge in [-0.15, -0.1) is 0 Å². The normalized spacial score (nSPS) is 29.0. The van der Waals surface area contributed by atoms with Crippen molar-refractivity contribution in [2.75, 3.05) is 0 Å². The van der Waals surface area contributed by atoms with Crippen molar-refractivity contribution in [3.05, 3.63) is 0 Å². The Morgan fingerprint density at radius 1 is 1.50 bits per heavy atom. The second-order valence-electron chi connectivity index (χ2n) is 3.69. The van der Waals surface area contributed by atoms with Crippen molar-refractivity contribution in [3.63, 3.8) is 0 Å². The molecule has 1 aliphatic heterocycles. The molecule has 0 bridgehead atoms. The summed E-state index contributed by atoms with van der Waals surface area (Å²) in [5.74, 6) is 0.133. The molecule has 2 heteroatoms. The SMILES string of the molecule is CCCCC[C@H]1CC(C)C(=O)O1. The number of ether oxygens (including phenoxy) is 1. The van der Waals surface area contributed by atoms with Gasteiger partial charge in [0.1, 0.15) is 6.10 Å². The third-order valence-corrected chi connectivity index (χ3v) is 2.43. The molecule has 1 saturated heterocycles. The maximum Gasteiger partial charge on any atom is 0.309 e. The molecule has 1 fully saturated rings. The quantitative estimate of drug-likeness (QED) is 0.478. The first-order chi connectivity index (χ1) is 5.74. The lowest BCUT2D eigenvalue weighted by atomic mass is 10.0. The Morgan fingerprint density at radius 3 is 2.75 bits per heavy atom. The summed E-state index contributed by atoms with van der Waals surface area (Å²) < 4.78 is 5.18. The molecule has 12 heavy (non-hydrogen) atoms. The predicted molar refractivity (Wildman–Crippen MR) is 47.8 cm³/mol. The van der Waals surface area contributed by atoms with Gasteiger partial charge in [0.05, 0.1) is 5.92 Å². The smallest absolute Gasteiger partial charge is 0.309 e. The Labute approximate surface area is 74.3 Å². The second kappa shape index (κ2) is 4.48. The number of rotatable bonds is 4. The molecule has 0 radical (unpaired) electrons. The van der Waals surface area contributed by atoms with Crippen LogP contribution >= 0.6 is 0 Å². The number of cyclic esters (lactones) is 1. The van der Waals surface area contributed by atoms with Gasteiger partial charge in [-0.2, -0.15) is 0 Å². The monoisotopic (exact) mass is 170 g/mol.